The number of hydrogen-bond donors (Lipinski definition) is 6. The van der Waals surface area contributed by atoms with Gasteiger partial charge in [-0.15, -0.1) is 0 Å². The van der Waals surface area contributed by atoms with E-state index in [-0.39, 0.29) is 32.2 Å². The lowest BCUT2D eigenvalue weighted by molar-refractivity contribution is -0.144. The molecule has 13 nitrogen and oxygen atoms in total. The fourth-order valence-electron chi connectivity index (χ4n) is 4.06. The van der Waals surface area contributed by atoms with Crippen molar-refractivity contribution >= 4 is 35.6 Å². The third kappa shape index (κ3) is 9.18. The van der Waals surface area contributed by atoms with E-state index in [0.717, 1.165) is 0 Å². The number of nitrogens with one attached hydrogen (secondary N) is 2. The molecule has 8 N–H and O–H groups in total. The Kier molecular flexibility index (Phi) is 11.0. The van der Waals surface area contributed by atoms with Gasteiger partial charge in [-0.1, -0.05) is 30.3 Å². The summed E-state index contributed by atoms with van der Waals surface area (Å²) in [5, 5.41) is 23.2. The van der Waals surface area contributed by atoms with E-state index in [1.54, 1.807) is 30.3 Å². The van der Waals surface area contributed by atoms with E-state index in [1.807, 2.05) is 0 Å². The van der Waals surface area contributed by atoms with Gasteiger partial charge in [0.1, 0.15) is 18.1 Å². The van der Waals surface area contributed by atoms with Crippen LogP contribution in [0.2, 0.25) is 0 Å². The number of hydrogen-bond acceptors (Lipinski definition) is 7. The maximum absolute atomic E-state index is 13.2. The van der Waals surface area contributed by atoms with Crippen LogP contribution in [0, 0.1) is 0 Å². The summed E-state index contributed by atoms with van der Waals surface area (Å²) < 4.78 is 0. The van der Waals surface area contributed by atoms with Crippen molar-refractivity contribution in [1.29, 1.82) is 0 Å². The van der Waals surface area contributed by atoms with Gasteiger partial charge in [0.2, 0.25) is 23.6 Å². The molecule has 0 radical (unpaired) electrons. The van der Waals surface area contributed by atoms with Gasteiger partial charge < -0.3 is 37.2 Å². The third-order valence-electron chi connectivity index (χ3n) is 6.03. The predicted molar refractivity (Wildman–Crippen MR) is 130 cm³/mol. The van der Waals surface area contributed by atoms with Crippen molar-refractivity contribution in [2.75, 3.05) is 6.54 Å². The van der Waals surface area contributed by atoms with Crippen LogP contribution in [0.5, 0.6) is 0 Å². The Labute approximate surface area is 213 Å². The molecule has 2 rings (SSSR count). The molecule has 1 aromatic carbocycles. The lowest BCUT2D eigenvalue weighted by atomic mass is 10.0. The van der Waals surface area contributed by atoms with Crippen LogP contribution in [0.3, 0.4) is 0 Å². The van der Waals surface area contributed by atoms with Gasteiger partial charge in [0.15, 0.2) is 0 Å². The fourth-order valence-corrected chi connectivity index (χ4v) is 4.06. The van der Waals surface area contributed by atoms with E-state index in [0.29, 0.717) is 18.4 Å². The largest absolute Gasteiger partial charge is 0.481 e. The van der Waals surface area contributed by atoms with E-state index in [2.05, 4.69) is 10.6 Å². The third-order valence-corrected chi connectivity index (χ3v) is 6.03. The number of carbonyl (C=O) groups is 6. The number of primary amides is 1. The van der Waals surface area contributed by atoms with Gasteiger partial charge in [0.05, 0.1) is 6.04 Å². The van der Waals surface area contributed by atoms with Crippen LogP contribution >= 0.6 is 0 Å². The molecule has 1 fully saturated rings. The maximum atomic E-state index is 13.2. The second-order valence-corrected chi connectivity index (χ2v) is 8.88. The van der Waals surface area contributed by atoms with Crippen LogP contribution in [0.4, 0.5) is 0 Å². The summed E-state index contributed by atoms with van der Waals surface area (Å²) in [4.78, 5) is 73.8. The number of nitrogens with zero attached hydrogens (tertiary/aromatic N) is 1. The Morgan fingerprint density at radius 1 is 0.973 bits per heavy atom. The van der Waals surface area contributed by atoms with Gasteiger partial charge >= 0.3 is 11.9 Å². The highest BCUT2D eigenvalue weighted by Crippen LogP contribution is 2.20. The first kappa shape index (κ1) is 29.2. The van der Waals surface area contributed by atoms with Crippen molar-refractivity contribution in [3.05, 3.63) is 35.9 Å². The molecule has 4 amide bonds. The lowest BCUT2D eigenvalue weighted by Gasteiger charge is -2.28. The average molecular weight is 520 g/mol. The molecule has 0 spiro atoms. The molecule has 37 heavy (non-hydrogen) atoms. The molecule has 1 aliphatic rings. The van der Waals surface area contributed by atoms with Crippen LogP contribution in [0.25, 0.3) is 0 Å². The van der Waals surface area contributed by atoms with Gasteiger partial charge in [-0.3, -0.25) is 24.0 Å². The van der Waals surface area contributed by atoms with Crippen molar-refractivity contribution in [2.45, 2.75) is 69.1 Å². The van der Waals surface area contributed by atoms with Gasteiger partial charge in [0, 0.05) is 25.8 Å². The summed E-state index contributed by atoms with van der Waals surface area (Å²) in [7, 11) is 0. The number of carboxylic acids is 2. The smallest absolute Gasteiger partial charge is 0.326 e. The SMILES string of the molecule is NC(=O)CCC(N)C(=O)N1CCCC1C(=O)NC(Cc1ccccc1)C(=O)NC(CCC(=O)O)C(=O)O. The number of carboxylic acid groups (broad SMARTS) is 2. The number of likely N-dealkylation sites (tertiary alicyclic amines) is 1. The minimum Gasteiger partial charge on any atom is -0.481 e. The van der Waals surface area contributed by atoms with E-state index in [1.165, 1.54) is 4.90 Å². The Balaban J connectivity index is 2.16. The maximum Gasteiger partial charge on any atom is 0.326 e. The Morgan fingerprint density at radius 2 is 1.65 bits per heavy atom. The first-order chi connectivity index (χ1) is 17.5. The normalized spacial score (nSPS) is 17.3. The highest BCUT2D eigenvalue weighted by molar-refractivity contribution is 5.94. The average Bonchev–Trinajstić information content (AvgIpc) is 3.34. The lowest BCUT2D eigenvalue weighted by Crippen LogP contribution is -2.57. The number of benzene rings is 1. The molecule has 4 unspecified atom stereocenters. The molecule has 4 atom stereocenters. The molecule has 1 aromatic rings. The van der Waals surface area contributed by atoms with Crippen LogP contribution in [-0.4, -0.2) is 81.4 Å². The van der Waals surface area contributed by atoms with Gasteiger partial charge in [-0.05, 0) is 31.2 Å². The van der Waals surface area contributed by atoms with Crippen molar-refractivity contribution in [3.63, 3.8) is 0 Å². The fraction of sp³-hybridized carbons (Fsp3) is 0.500. The van der Waals surface area contributed by atoms with Crippen molar-refractivity contribution in [3.8, 4) is 0 Å². The minimum atomic E-state index is -1.47. The van der Waals surface area contributed by atoms with E-state index in [4.69, 9.17) is 16.6 Å². The summed E-state index contributed by atoms with van der Waals surface area (Å²) in [6.07, 6.45) is 0.0317. The quantitative estimate of drug-likeness (QED) is 0.172. The molecular formula is C24H33N5O8. The highest BCUT2D eigenvalue weighted by atomic mass is 16.4. The summed E-state index contributed by atoms with van der Waals surface area (Å²) >= 11 is 0. The molecular weight excluding hydrogens is 486 g/mol. The van der Waals surface area contributed by atoms with Crippen LogP contribution in [0.15, 0.2) is 30.3 Å². The van der Waals surface area contributed by atoms with E-state index < -0.39 is 66.2 Å². The first-order valence-corrected chi connectivity index (χ1v) is 11.9. The standard InChI is InChI=1S/C24H33N5O8/c25-15(8-10-19(26)30)23(35)29-12-4-7-18(29)22(34)28-17(13-14-5-2-1-3-6-14)21(33)27-16(24(36)37)9-11-20(31)32/h1-3,5-6,15-18H,4,7-13,25H2,(H2,26,30)(H,27,33)(H,28,34)(H,31,32)(H,36,37). The van der Waals surface area contributed by atoms with Crippen molar-refractivity contribution in [1.82, 2.24) is 15.5 Å². The zero-order valence-corrected chi connectivity index (χ0v) is 20.3. The molecule has 202 valence electrons. The minimum absolute atomic E-state index is 0.0302. The molecule has 1 aliphatic heterocycles. The summed E-state index contributed by atoms with van der Waals surface area (Å²) in [6.45, 7) is 0.271. The van der Waals surface area contributed by atoms with Gasteiger partial charge in [0.25, 0.3) is 0 Å². The monoisotopic (exact) mass is 519 g/mol. The van der Waals surface area contributed by atoms with Crippen LogP contribution in [-0.2, 0) is 35.2 Å². The molecule has 0 saturated carbocycles. The van der Waals surface area contributed by atoms with E-state index >= 15 is 0 Å². The molecule has 0 bridgehead atoms. The van der Waals surface area contributed by atoms with Crippen molar-refractivity contribution < 1.29 is 39.0 Å². The predicted octanol–water partition coefficient (Wildman–Crippen LogP) is -1.27. The topological polar surface area (TPSA) is 222 Å². The Hall–Kier alpha value is -4.00. The Bertz CT molecular complexity index is 1000. The molecule has 13 heteroatoms. The number of amides is 4. The van der Waals surface area contributed by atoms with E-state index in [9.17, 15) is 33.9 Å². The summed E-state index contributed by atoms with van der Waals surface area (Å²) in [5.41, 5.74) is 11.7. The number of carbonyl (C=O) groups excluding carboxylic acids is 4. The summed E-state index contributed by atoms with van der Waals surface area (Å²) in [6, 6.07) is 4.13. The zero-order valence-electron chi connectivity index (χ0n) is 20.3. The molecule has 0 aromatic heterocycles. The number of nitrogens with two attached hydrogens (primary N) is 2. The molecule has 1 heterocycles. The van der Waals surface area contributed by atoms with Gasteiger partial charge in [-0.25, -0.2) is 4.79 Å². The van der Waals surface area contributed by atoms with Gasteiger partial charge in [-0.2, -0.15) is 0 Å². The molecule has 0 aliphatic carbocycles. The van der Waals surface area contributed by atoms with Crippen LogP contribution < -0.4 is 22.1 Å². The second kappa shape index (κ2) is 13.9. The number of aliphatic carboxylic acids is 2. The Morgan fingerprint density at radius 3 is 2.24 bits per heavy atom. The summed E-state index contributed by atoms with van der Waals surface area (Å²) in [5.74, 6) is -5.14. The first-order valence-electron chi connectivity index (χ1n) is 11.9. The zero-order chi connectivity index (χ0) is 27.5. The highest BCUT2D eigenvalue weighted by Gasteiger charge is 2.38. The van der Waals surface area contributed by atoms with Crippen molar-refractivity contribution in [2.24, 2.45) is 11.5 Å². The molecule has 1 saturated heterocycles. The van der Waals surface area contributed by atoms with Crippen LogP contribution in [0.1, 0.15) is 44.1 Å². The second-order valence-electron chi connectivity index (χ2n) is 8.88. The number of rotatable bonds is 14.